The van der Waals surface area contributed by atoms with Gasteiger partial charge in [0.1, 0.15) is 0 Å². The lowest BCUT2D eigenvalue weighted by Crippen LogP contribution is -2.24. The molecule has 0 aliphatic carbocycles. The number of benzene rings is 2. The van der Waals surface area contributed by atoms with E-state index in [-0.39, 0.29) is 17.4 Å². The van der Waals surface area contributed by atoms with Crippen molar-refractivity contribution < 1.29 is 19.5 Å². The number of carboxylic acid groups (broad SMARTS) is 1. The third-order valence-corrected chi connectivity index (χ3v) is 4.05. The van der Waals surface area contributed by atoms with Crippen LogP contribution < -0.4 is 0 Å². The Hall–Kier alpha value is -2.69. The van der Waals surface area contributed by atoms with E-state index in [0.29, 0.717) is 28.3 Å². The Morgan fingerprint density at radius 2 is 1.82 bits per heavy atom. The average Bonchev–Trinajstić information content (AvgIpc) is 2.72. The lowest BCUT2D eigenvalue weighted by Gasteiger charge is -2.10. The third kappa shape index (κ3) is 1.82. The molecule has 5 nitrogen and oxygen atoms in total. The van der Waals surface area contributed by atoms with Crippen molar-refractivity contribution >= 4 is 28.6 Å². The van der Waals surface area contributed by atoms with E-state index in [1.54, 1.807) is 18.2 Å². The summed E-state index contributed by atoms with van der Waals surface area (Å²) in [7, 11) is 1.45. The summed E-state index contributed by atoms with van der Waals surface area (Å²) >= 11 is 0. The zero-order valence-electron chi connectivity index (χ0n) is 12.3. The van der Waals surface area contributed by atoms with Gasteiger partial charge >= 0.3 is 5.97 Å². The smallest absolute Gasteiger partial charge is 0.336 e. The van der Waals surface area contributed by atoms with Crippen LogP contribution in [0, 0.1) is 0 Å². The van der Waals surface area contributed by atoms with Crippen LogP contribution in [0.1, 0.15) is 50.0 Å². The molecule has 1 aliphatic rings. The zero-order chi connectivity index (χ0) is 16.0. The molecule has 0 aromatic heterocycles. The number of imide groups is 1. The number of carboxylic acids is 1. The van der Waals surface area contributed by atoms with Crippen molar-refractivity contribution in [1.82, 2.24) is 4.90 Å². The van der Waals surface area contributed by atoms with Crippen LogP contribution in [0.5, 0.6) is 0 Å². The van der Waals surface area contributed by atoms with Gasteiger partial charge in [-0.2, -0.15) is 0 Å². The van der Waals surface area contributed by atoms with Crippen LogP contribution in [0.2, 0.25) is 0 Å². The number of aromatic carboxylic acids is 1. The van der Waals surface area contributed by atoms with Crippen molar-refractivity contribution in [2.75, 3.05) is 7.05 Å². The van der Waals surface area contributed by atoms with E-state index in [1.807, 2.05) is 6.92 Å². The fourth-order valence-electron chi connectivity index (χ4n) is 3.03. The highest BCUT2D eigenvalue weighted by Gasteiger charge is 2.36. The lowest BCUT2D eigenvalue weighted by atomic mass is 9.91. The molecule has 0 spiro atoms. The number of nitrogens with zero attached hydrogens (tertiary/aromatic N) is 1. The summed E-state index contributed by atoms with van der Waals surface area (Å²) in [5, 5.41) is 10.4. The summed E-state index contributed by atoms with van der Waals surface area (Å²) in [5.41, 5.74) is 1.63. The first-order valence-electron chi connectivity index (χ1n) is 7.11. The minimum atomic E-state index is -1.04. The quantitative estimate of drug-likeness (QED) is 0.884. The molecule has 3 rings (SSSR count). The van der Waals surface area contributed by atoms with Crippen molar-refractivity contribution in [3.8, 4) is 0 Å². The van der Waals surface area contributed by atoms with Gasteiger partial charge in [-0.1, -0.05) is 25.5 Å². The molecule has 1 N–H and O–H groups in total. The van der Waals surface area contributed by atoms with Gasteiger partial charge in [-0.25, -0.2) is 4.79 Å². The molecular formula is C17H15NO4. The summed E-state index contributed by atoms with van der Waals surface area (Å²) in [4.78, 5) is 37.3. The van der Waals surface area contributed by atoms with Gasteiger partial charge in [-0.3, -0.25) is 14.5 Å². The first kappa shape index (κ1) is 14.3. The summed E-state index contributed by atoms with van der Waals surface area (Å²) in [6.45, 7) is 1.98. The lowest BCUT2D eigenvalue weighted by molar-refractivity contribution is 0.0682. The zero-order valence-corrected chi connectivity index (χ0v) is 12.3. The molecular weight excluding hydrogens is 282 g/mol. The van der Waals surface area contributed by atoms with Crippen LogP contribution in [0.15, 0.2) is 24.3 Å². The molecule has 0 saturated heterocycles. The highest BCUT2D eigenvalue weighted by molar-refractivity contribution is 6.28. The highest BCUT2D eigenvalue weighted by Crippen LogP contribution is 2.34. The molecule has 2 aromatic carbocycles. The summed E-state index contributed by atoms with van der Waals surface area (Å²) in [6.07, 6.45) is 1.43. The molecule has 2 amide bonds. The third-order valence-electron chi connectivity index (χ3n) is 4.05. The molecule has 0 saturated carbocycles. The van der Waals surface area contributed by atoms with Crippen molar-refractivity contribution in [3.63, 3.8) is 0 Å². The van der Waals surface area contributed by atoms with Gasteiger partial charge in [0.2, 0.25) is 0 Å². The van der Waals surface area contributed by atoms with Crippen LogP contribution >= 0.6 is 0 Å². The number of fused-ring (bicyclic) bond motifs is 3. The van der Waals surface area contributed by atoms with E-state index in [0.717, 1.165) is 16.9 Å². The van der Waals surface area contributed by atoms with Crippen LogP contribution in [-0.2, 0) is 6.42 Å². The summed E-state index contributed by atoms with van der Waals surface area (Å²) < 4.78 is 0. The van der Waals surface area contributed by atoms with Gasteiger partial charge in [0.15, 0.2) is 0 Å². The SMILES string of the molecule is CCCc1cc2c(C(=O)O)cccc2c2c1C(=O)N(C)C2=O. The first-order chi connectivity index (χ1) is 10.5. The monoisotopic (exact) mass is 297 g/mol. The molecule has 1 heterocycles. The molecule has 0 unspecified atom stereocenters. The second-order valence-corrected chi connectivity index (χ2v) is 5.41. The van der Waals surface area contributed by atoms with Gasteiger partial charge < -0.3 is 5.11 Å². The molecule has 2 aromatic rings. The Morgan fingerprint density at radius 3 is 2.45 bits per heavy atom. The Bertz CT molecular complexity index is 838. The largest absolute Gasteiger partial charge is 0.478 e. The Kier molecular flexibility index (Phi) is 3.20. The van der Waals surface area contributed by atoms with Crippen LogP contribution in [0.4, 0.5) is 0 Å². The normalized spacial score (nSPS) is 13.8. The number of rotatable bonds is 3. The molecule has 1 aliphatic heterocycles. The van der Waals surface area contributed by atoms with Crippen molar-refractivity contribution in [2.24, 2.45) is 0 Å². The fourth-order valence-corrected chi connectivity index (χ4v) is 3.03. The molecule has 0 atom stereocenters. The van der Waals surface area contributed by atoms with Gasteiger partial charge in [0.05, 0.1) is 16.7 Å². The predicted octanol–water partition coefficient (Wildman–Crippen LogP) is 2.72. The maximum Gasteiger partial charge on any atom is 0.336 e. The van der Waals surface area contributed by atoms with E-state index < -0.39 is 5.97 Å². The molecule has 112 valence electrons. The summed E-state index contributed by atoms with van der Waals surface area (Å²) in [6, 6.07) is 6.55. The molecule has 0 fully saturated rings. The number of amides is 2. The maximum absolute atomic E-state index is 12.4. The van der Waals surface area contributed by atoms with Gasteiger partial charge in [0.25, 0.3) is 11.8 Å². The summed E-state index contributed by atoms with van der Waals surface area (Å²) in [5.74, 6) is -1.73. The van der Waals surface area contributed by atoms with Crippen molar-refractivity contribution in [1.29, 1.82) is 0 Å². The Labute approximate surface area is 127 Å². The van der Waals surface area contributed by atoms with Gasteiger partial charge in [0, 0.05) is 7.05 Å². The van der Waals surface area contributed by atoms with Crippen molar-refractivity contribution in [3.05, 3.63) is 46.5 Å². The molecule has 0 radical (unpaired) electrons. The van der Waals surface area contributed by atoms with Crippen molar-refractivity contribution in [2.45, 2.75) is 19.8 Å². The minimum Gasteiger partial charge on any atom is -0.478 e. The highest BCUT2D eigenvalue weighted by atomic mass is 16.4. The average molecular weight is 297 g/mol. The molecule has 5 heteroatoms. The van der Waals surface area contributed by atoms with E-state index in [2.05, 4.69) is 0 Å². The second kappa shape index (κ2) is 4.94. The number of carbonyl (C=O) groups is 3. The Morgan fingerprint density at radius 1 is 1.14 bits per heavy atom. The van der Waals surface area contributed by atoms with Gasteiger partial charge in [-0.05, 0) is 34.9 Å². The molecule has 0 bridgehead atoms. The topological polar surface area (TPSA) is 74.7 Å². The maximum atomic E-state index is 12.4. The number of carbonyl (C=O) groups excluding carboxylic acids is 2. The van der Waals surface area contributed by atoms with E-state index in [1.165, 1.54) is 13.1 Å². The Balaban J connectivity index is 2.47. The van der Waals surface area contributed by atoms with E-state index in [4.69, 9.17) is 0 Å². The van der Waals surface area contributed by atoms with Gasteiger partial charge in [-0.15, -0.1) is 0 Å². The van der Waals surface area contributed by atoms with E-state index in [9.17, 15) is 19.5 Å². The second-order valence-electron chi connectivity index (χ2n) is 5.41. The molecule has 22 heavy (non-hydrogen) atoms. The van der Waals surface area contributed by atoms with Crippen LogP contribution in [0.3, 0.4) is 0 Å². The van der Waals surface area contributed by atoms with Crippen LogP contribution in [0.25, 0.3) is 10.8 Å². The number of hydrogen-bond acceptors (Lipinski definition) is 3. The number of hydrogen-bond donors (Lipinski definition) is 1. The standard InChI is InChI=1S/C17H15NO4/c1-3-5-9-8-12-10(6-4-7-11(12)17(21)22)14-13(9)15(19)18(2)16(14)20/h4,6-8H,3,5H2,1-2H3,(H,21,22). The first-order valence-corrected chi connectivity index (χ1v) is 7.11. The van der Waals surface area contributed by atoms with Crippen LogP contribution in [-0.4, -0.2) is 34.8 Å². The predicted molar refractivity (Wildman–Crippen MR) is 81.3 cm³/mol. The number of aryl methyl sites for hydroxylation is 1. The minimum absolute atomic E-state index is 0.146. The fraction of sp³-hybridized carbons (Fsp3) is 0.235. The van der Waals surface area contributed by atoms with E-state index >= 15 is 0 Å².